The molecule has 0 saturated heterocycles. The molecule has 30 heavy (non-hydrogen) atoms. The van der Waals surface area contributed by atoms with Crippen LogP contribution in [0.2, 0.25) is 0 Å². The van der Waals surface area contributed by atoms with Crippen LogP contribution in [0.1, 0.15) is 32.8 Å². The molecular formula is C22H29NO6S. The van der Waals surface area contributed by atoms with Crippen molar-refractivity contribution in [2.45, 2.75) is 39.2 Å². The lowest BCUT2D eigenvalue weighted by Crippen LogP contribution is -2.28. The number of carbonyl (C=O) groups excluding carboxylic acids is 2. The molecule has 1 atom stereocenters. The lowest BCUT2D eigenvalue weighted by molar-refractivity contribution is -0.127. The molecule has 0 radical (unpaired) electrons. The number of sulfone groups is 1. The van der Waals surface area contributed by atoms with Gasteiger partial charge in [0.2, 0.25) is 11.7 Å². The Morgan fingerprint density at radius 3 is 2.50 bits per heavy atom. The second kappa shape index (κ2) is 9.93. The van der Waals surface area contributed by atoms with E-state index in [9.17, 15) is 18.0 Å². The third-order valence-electron chi connectivity index (χ3n) is 4.65. The first-order valence-electron chi connectivity index (χ1n) is 9.79. The van der Waals surface area contributed by atoms with Crippen LogP contribution in [-0.2, 0) is 30.6 Å². The normalized spacial score (nSPS) is 16.8. The molecule has 1 aromatic carbocycles. The second-order valence-corrected chi connectivity index (χ2v) is 9.81. The van der Waals surface area contributed by atoms with Gasteiger partial charge >= 0.3 is 0 Å². The molecule has 7 nitrogen and oxygen atoms in total. The minimum absolute atomic E-state index is 0.0107. The summed E-state index contributed by atoms with van der Waals surface area (Å²) in [4.78, 5) is 23.4. The predicted molar refractivity (Wildman–Crippen MR) is 115 cm³/mol. The minimum Gasteiger partial charge on any atom is -0.494 e. The first kappa shape index (κ1) is 23.7. The molecule has 0 saturated carbocycles. The van der Waals surface area contributed by atoms with E-state index in [1.165, 1.54) is 0 Å². The molecule has 1 aliphatic rings. The van der Waals surface area contributed by atoms with Gasteiger partial charge in [0.1, 0.15) is 11.5 Å². The van der Waals surface area contributed by atoms with Gasteiger partial charge in [-0.1, -0.05) is 19.1 Å². The number of ketones is 1. The summed E-state index contributed by atoms with van der Waals surface area (Å²) in [5.74, 6) is 1.08. The maximum Gasteiger partial charge on any atom is 0.244 e. The summed E-state index contributed by atoms with van der Waals surface area (Å²) < 4.78 is 33.5. The van der Waals surface area contributed by atoms with Gasteiger partial charge in [0, 0.05) is 36.3 Å². The summed E-state index contributed by atoms with van der Waals surface area (Å²) in [6, 6.07) is 7.56. The van der Waals surface area contributed by atoms with Gasteiger partial charge in [0.25, 0.3) is 0 Å². The molecule has 0 fully saturated rings. The fraction of sp³-hybridized carbons (Fsp3) is 0.455. The quantitative estimate of drug-likeness (QED) is 0.567. The summed E-state index contributed by atoms with van der Waals surface area (Å²) in [5, 5.41) is 3.52. The van der Waals surface area contributed by atoms with Crippen molar-refractivity contribution in [3.05, 3.63) is 53.1 Å². The van der Waals surface area contributed by atoms with Gasteiger partial charge in [-0.15, -0.1) is 0 Å². The average molecular weight is 436 g/mol. The van der Waals surface area contributed by atoms with Crippen LogP contribution in [0.15, 0.2) is 47.6 Å². The third kappa shape index (κ3) is 7.67. The number of allylic oxidation sites excluding steroid dienone is 1. The first-order valence-corrected chi connectivity index (χ1v) is 11.7. The standard InChI is InChI=1S/C22H29NO6S/c1-16(19-15-20(24)22(2,3)29-19)10-13-28-18-7-5-17(6-8-18)9-12-23-21(25)11-14-30(4,26)27/h5-8,11,14-16H,9-10,12-13H2,1-4H3,(H,23,25)/b14-11+. The molecule has 0 aliphatic carbocycles. The molecular weight excluding hydrogens is 406 g/mol. The Morgan fingerprint density at radius 1 is 1.27 bits per heavy atom. The Bertz CT molecular complexity index is 929. The third-order valence-corrected chi connectivity index (χ3v) is 5.28. The van der Waals surface area contributed by atoms with E-state index in [1.807, 2.05) is 31.2 Å². The van der Waals surface area contributed by atoms with Gasteiger partial charge in [0.15, 0.2) is 15.4 Å². The van der Waals surface area contributed by atoms with Crippen molar-refractivity contribution in [3.63, 3.8) is 0 Å². The van der Waals surface area contributed by atoms with Crippen molar-refractivity contribution in [3.8, 4) is 5.75 Å². The average Bonchev–Trinajstić information content (AvgIpc) is 2.93. The zero-order chi connectivity index (χ0) is 22.4. The van der Waals surface area contributed by atoms with Crippen LogP contribution in [0.3, 0.4) is 0 Å². The van der Waals surface area contributed by atoms with Crippen LogP contribution in [0, 0.1) is 5.92 Å². The molecule has 2 rings (SSSR count). The van der Waals surface area contributed by atoms with Crippen LogP contribution in [0.25, 0.3) is 0 Å². The molecule has 1 N–H and O–H groups in total. The number of ether oxygens (including phenoxy) is 2. The largest absolute Gasteiger partial charge is 0.494 e. The van der Waals surface area contributed by atoms with Crippen LogP contribution >= 0.6 is 0 Å². The van der Waals surface area contributed by atoms with Gasteiger partial charge in [0.05, 0.1) is 6.61 Å². The van der Waals surface area contributed by atoms with Crippen molar-refractivity contribution >= 4 is 21.5 Å². The van der Waals surface area contributed by atoms with Gasteiger partial charge in [-0.2, -0.15) is 0 Å². The number of hydrogen-bond donors (Lipinski definition) is 1. The monoisotopic (exact) mass is 435 g/mol. The summed E-state index contributed by atoms with van der Waals surface area (Å²) in [5.41, 5.74) is 0.248. The highest BCUT2D eigenvalue weighted by atomic mass is 32.2. The molecule has 1 aliphatic heterocycles. The van der Waals surface area contributed by atoms with Gasteiger partial charge in [-0.3, -0.25) is 9.59 Å². The maximum atomic E-state index is 11.8. The SMILES string of the molecule is CC(CCOc1ccc(CCNC(=O)/C=C/S(C)(=O)=O)cc1)C1=CC(=O)C(C)(C)O1. The highest BCUT2D eigenvalue weighted by molar-refractivity contribution is 7.93. The van der Waals surface area contributed by atoms with E-state index >= 15 is 0 Å². The Hall–Kier alpha value is -2.61. The predicted octanol–water partition coefficient (Wildman–Crippen LogP) is 2.57. The molecule has 1 amide bonds. The summed E-state index contributed by atoms with van der Waals surface area (Å²) in [6.07, 6.45) is 4.96. The molecule has 1 heterocycles. The molecule has 164 valence electrons. The Morgan fingerprint density at radius 2 is 1.93 bits per heavy atom. The number of benzene rings is 1. The molecule has 0 spiro atoms. The summed E-state index contributed by atoms with van der Waals surface area (Å²) in [6.45, 7) is 6.43. The van der Waals surface area contributed by atoms with Crippen LogP contribution in [0.4, 0.5) is 0 Å². The van der Waals surface area contributed by atoms with Crippen LogP contribution in [-0.4, -0.2) is 45.1 Å². The van der Waals surface area contributed by atoms with Crippen LogP contribution < -0.4 is 10.1 Å². The van der Waals surface area contributed by atoms with Crippen molar-refractivity contribution in [2.24, 2.45) is 5.92 Å². The first-order chi connectivity index (χ1) is 14.0. The second-order valence-electron chi connectivity index (χ2n) is 7.88. The van der Waals surface area contributed by atoms with E-state index in [1.54, 1.807) is 19.9 Å². The van der Waals surface area contributed by atoms with Crippen molar-refractivity contribution in [2.75, 3.05) is 19.4 Å². The van der Waals surface area contributed by atoms with E-state index in [4.69, 9.17) is 9.47 Å². The fourth-order valence-electron chi connectivity index (χ4n) is 2.74. The summed E-state index contributed by atoms with van der Waals surface area (Å²) in [7, 11) is -3.31. The smallest absolute Gasteiger partial charge is 0.244 e. The van der Waals surface area contributed by atoms with Gasteiger partial charge in [-0.05, 0) is 44.4 Å². The van der Waals surface area contributed by atoms with Crippen molar-refractivity contribution < 1.29 is 27.5 Å². The molecule has 8 heteroatoms. The number of rotatable bonds is 10. The maximum absolute atomic E-state index is 11.8. The molecule has 1 aromatic rings. The minimum atomic E-state index is -3.31. The Labute approximate surface area is 178 Å². The van der Waals surface area contributed by atoms with Crippen molar-refractivity contribution in [1.82, 2.24) is 5.32 Å². The van der Waals surface area contributed by atoms with Crippen molar-refractivity contribution in [1.29, 1.82) is 0 Å². The fourth-order valence-corrected chi connectivity index (χ4v) is 3.11. The highest BCUT2D eigenvalue weighted by Crippen LogP contribution is 2.30. The van der Waals surface area contributed by atoms with Gasteiger partial charge in [-0.25, -0.2) is 8.42 Å². The zero-order valence-corrected chi connectivity index (χ0v) is 18.6. The lowest BCUT2D eigenvalue weighted by Gasteiger charge is -2.21. The number of carbonyl (C=O) groups is 2. The molecule has 0 aromatic heterocycles. The number of hydrogen-bond acceptors (Lipinski definition) is 6. The van der Waals surface area contributed by atoms with E-state index in [2.05, 4.69) is 5.32 Å². The number of nitrogens with one attached hydrogen (secondary N) is 1. The van der Waals surface area contributed by atoms with E-state index in [-0.39, 0.29) is 11.7 Å². The van der Waals surface area contributed by atoms with E-state index in [0.717, 1.165) is 35.5 Å². The molecule has 1 unspecified atom stereocenters. The van der Waals surface area contributed by atoms with E-state index in [0.29, 0.717) is 25.3 Å². The highest BCUT2D eigenvalue weighted by Gasteiger charge is 2.36. The molecule has 0 bridgehead atoms. The summed E-state index contributed by atoms with van der Waals surface area (Å²) >= 11 is 0. The lowest BCUT2D eigenvalue weighted by atomic mass is 10.0. The number of amides is 1. The van der Waals surface area contributed by atoms with Gasteiger partial charge < -0.3 is 14.8 Å². The Kier molecular flexibility index (Phi) is 7.83. The van der Waals surface area contributed by atoms with Crippen LogP contribution in [0.5, 0.6) is 5.75 Å². The zero-order valence-electron chi connectivity index (χ0n) is 17.8. The Balaban J connectivity index is 1.71. The van der Waals surface area contributed by atoms with E-state index < -0.39 is 21.3 Å². The topological polar surface area (TPSA) is 98.8 Å².